The van der Waals surface area contributed by atoms with Crippen LogP contribution in [0.2, 0.25) is 0 Å². The molecule has 3 heteroatoms. The van der Waals surface area contributed by atoms with E-state index in [2.05, 4.69) is 60.5 Å². The van der Waals surface area contributed by atoms with E-state index in [1.165, 1.54) is 102 Å². The highest BCUT2D eigenvalue weighted by Gasteiger charge is 2.22. The Morgan fingerprint density at radius 1 is 0.706 bits per heavy atom. The first-order chi connectivity index (χ1) is 16.8. The molecule has 188 valence electrons. The summed E-state index contributed by atoms with van der Waals surface area (Å²) in [6.07, 6.45) is 25.6. The van der Waals surface area contributed by atoms with Gasteiger partial charge >= 0.3 is 0 Å². The van der Waals surface area contributed by atoms with E-state index in [0.29, 0.717) is 5.92 Å². The summed E-state index contributed by atoms with van der Waals surface area (Å²) >= 11 is 0. The molecule has 0 N–H and O–H groups in total. The van der Waals surface area contributed by atoms with Gasteiger partial charge in [-0.15, -0.1) is 0 Å². The Balaban J connectivity index is 1.31. The van der Waals surface area contributed by atoms with E-state index in [1.54, 1.807) is 0 Å². The molecule has 1 heterocycles. The zero-order valence-electron chi connectivity index (χ0n) is 21.9. The molecule has 1 aromatic carbocycles. The first-order valence-electron chi connectivity index (χ1n) is 14.3. The van der Waals surface area contributed by atoms with Gasteiger partial charge < -0.3 is 4.74 Å². The van der Waals surface area contributed by atoms with Gasteiger partial charge in [0, 0.05) is 18.0 Å². The molecule has 1 aliphatic carbocycles. The highest BCUT2D eigenvalue weighted by atomic mass is 16.5. The molecule has 0 saturated heterocycles. The van der Waals surface area contributed by atoms with Gasteiger partial charge in [-0.1, -0.05) is 84.5 Å². The van der Waals surface area contributed by atoms with Gasteiger partial charge in [-0.25, -0.2) is 9.97 Å². The largest absolute Gasteiger partial charge is 0.494 e. The maximum atomic E-state index is 5.95. The molecule has 34 heavy (non-hydrogen) atoms. The van der Waals surface area contributed by atoms with Crippen LogP contribution in [0.5, 0.6) is 5.75 Å². The third kappa shape index (κ3) is 9.39. The maximum absolute atomic E-state index is 5.95. The molecule has 0 spiro atoms. The van der Waals surface area contributed by atoms with E-state index in [4.69, 9.17) is 4.74 Å². The lowest BCUT2D eigenvalue weighted by Crippen LogP contribution is -2.13. The summed E-state index contributed by atoms with van der Waals surface area (Å²) in [4.78, 5) is 9.38. The van der Waals surface area contributed by atoms with Crippen molar-refractivity contribution >= 4 is 0 Å². The van der Waals surface area contributed by atoms with Crippen LogP contribution in [0.15, 0.2) is 36.7 Å². The fraction of sp³-hybridized carbons (Fsp3) is 0.677. The first kappa shape index (κ1) is 26.7. The molecule has 1 aromatic heterocycles. The van der Waals surface area contributed by atoms with Crippen molar-refractivity contribution in [2.24, 2.45) is 5.92 Å². The topological polar surface area (TPSA) is 35.0 Å². The van der Waals surface area contributed by atoms with Crippen LogP contribution in [0.4, 0.5) is 0 Å². The summed E-state index contributed by atoms with van der Waals surface area (Å²) in [5.74, 6) is 3.33. The Kier molecular flexibility index (Phi) is 12.5. The molecular formula is C31H48N2O. The molecule has 0 radical (unpaired) electrons. The van der Waals surface area contributed by atoms with Crippen LogP contribution in [-0.4, -0.2) is 16.6 Å². The van der Waals surface area contributed by atoms with Crippen LogP contribution < -0.4 is 4.74 Å². The number of nitrogens with zero attached hydrogens (tertiary/aromatic N) is 2. The lowest BCUT2D eigenvalue weighted by atomic mass is 9.78. The van der Waals surface area contributed by atoms with Crippen LogP contribution in [-0.2, 0) is 0 Å². The molecule has 3 nitrogen and oxygen atoms in total. The monoisotopic (exact) mass is 464 g/mol. The van der Waals surface area contributed by atoms with Gasteiger partial charge in [0.05, 0.1) is 6.61 Å². The standard InChI is InChI=1S/C31H48N2O/c1-3-5-6-7-8-9-10-11-12-13-23-34-30-21-19-28(20-22-30)31-32-24-29(25-33-31)27-17-15-26(14-4-2)16-18-27/h19-22,24-27H,3-18,23H2,1-2H3/t26-,27-. The average molecular weight is 465 g/mol. The fourth-order valence-corrected chi connectivity index (χ4v) is 5.37. The van der Waals surface area contributed by atoms with Crippen LogP contribution >= 0.6 is 0 Å². The minimum atomic E-state index is 0.642. The van der Waals surface area contributed by atoms with E-state index >= 15 is 0 Å². The Morgan fingerprint density at radius 2 is 1.29 bits per heavy atom. The van der Waals surface area contributed by atoms with Crippen LogP contribution in [0.1, 0.15) is 128 Å². The second-order valence-electron chi connectivity index (χ2n) is 10.4. The SMILES string of the molecule is CCCCCCCCCCCCOc1ccc(-c2ncc([C@H]3CC[C@H](CCC)CC3)cn2)cc1. The maximum Gasteiger partial charge on any atom is 0.159 e. The summed E-state index contributed by atoms with van der Waals surface area (Å²) in [6, 6.07) is 8.27. The van der Waals surface area contributed by atoms with Crippen molar-refractivity contribution in [3.05, 3.63) is 42.2 Å². The Hall–Kier alpha value is -1.90. The third-order valence-electron chi connectivity index (χ3n) is 7.57. The van der Waals surface area contributed by atoms with E-state index in [1.807, 2.05) is 0 Å². The molecule has 0 aliphatic heterocycles. The summed E-state index contributed by atoms with van der Waals surface area (Å²) < 4.78 is 5.95. The van der Waals surface area contributed by atoms with Crippen molar-refractivity contribution in [3.63, 3.8) is 0 Å². The summed E-state index contributed by atoms with van der Waals surface area (Å²) in [6.45, 7) is 5.39. The van der Waals surface area contributed by atoms with Crippen molar-refractivity contribution < 1.29 is 4.74 Å². The van der Waals surface area contributed by atoms with Crippen molar-refractivity contribution in [3.8, 4) is 17.1 Å². The molecule has 1 saturated carbocycles. The molecule has 0 unspecified atom stereocenters. The molecule has 3 rings (SSSR count). The Labute approximate surface area is 209 Å². The van der Waals surface area contributed by atoms with Crippen LogP contribution in [0, 0.1) is 5.92 Å². The minimum Gasteiger partial charge on any atom is -0.494 e. The number of unbranched alkanes of at least 4 members (excludes halogenated alkanes) is 9. The van der Waals surface area contributed by atoms with Crippen molar-refractivity contribution in [2.75, 3.05) is 6.61 Å². The number of benzene rings is 1. The molecule has 1 aliphatic rings. The van der Waals surface area contributed by atoms with E-state index in [-0.39, 0.29) is 0 Å². The van der Waals surface area contributed by atoms with Gasteiger partial charge in [0.25, 0.3) is 0 Å². The first-order valence-corrected chi connectivity index (χ1v) is 14.3. The zero-order valence-corrected chi connectivity index (χ0v) is 21.9. The molecular weight excluding hydrogens is 416 g/mol. The van der Waals surface area contributed by atoms with Crippen molar-refractivity contribution in [1.82, 2.24) is 9.97 Å². The average Bonchev–Trinajstić information content (AvgIpc) is 2.88. The van der Waals surface area contributed by atoms with Crippen LogP contribution in [0.3, 0.4) is 0 Å². The summed E-state index contributed by atoms with van der Waals surface area (Å²) in [5.41, 5.74) is 2.37. The number of ether oxygens (including phenoxy) is 1. The second-order valence-corrected chi connectivity index (χ2v) is 10.4. The van der Waals surface area contributed by atoms with Crippen molar-refractivity contribution in [2.45, 2.75) is 122 Å². The highest BCUT2D eigenvalue weighted by molar-refractivity contribution is 5.56. The summed E-state index contributed by atoms with van der Waals surface area (Å²) in [7, 11) is 0. The molecule has 0 atom stereocenters. The molecule has 0 bridgehead atoms. The van der Waals surface area contributed by atoms with Gasteiger partial charge in [-0.2, -0.15) is 0 Å². The normalized spacial score (nSPS) is 18.2. The number of hydrogen-bond donors (Lipinski definition) is 0. The zero-order chi connectivity index (χ0) is 23.8. The number of aromatic nitrogens is 2. The van der Waals surface area contributed by atoms with Gasteiger partial charge in [-0.05, 0) is 73.8 Å². The van der Waals surface area contributed by atoms with Gasteiger partial charge in [-0.3, -0.25) is 0 Å². The predicted octanol–water partition coefficient (Wildman–Crippen LogP) is 9.52. The number of hydrogen-bond acceptors (Lipinski definition) is 3. The highest BCUT2D eigenvalue weighted by Crippen LogP contribution is 2.37. The predicted molar refractivity (Wildman–Crippen MR) is 144 cm³/mol. The molecule has 1 fully saturated rings. The lowest BCUT2D eigenvalue weighted by Gasteiger charge is -2.28. The van der Waals surface area contributed by atoms with Crippen LogP contribution in [0.25, 0.3) is 11.4 Å². The van der Waals surface area contributed by atoms with Crippen molar-refractivity contribution in [1.29, 1.82) is 0 Å². The van der Waals surface area contributed by atoms with Gasteiger partial charge in [0.15, 0.2) is 5.82 Å². The fourth-order valence-electron chi connectivity index (χ4n) is 5.37. The third-order valence-corrected chi connectivity index (χ3v) is 7.57. The van der Waals surface area contributed by atoms with E-state index < -0.39 is 0 Å². The molecule has 2 aromatic rings. The lowest BCUT2D eigenvalue weighted by molar-refractivity contribution is 0.304. The quantitative estimate of drug-likeness (QED) is 0.232. The minimum absolute atomic E-state index is 0.642. The van der Waals surface area contributed by atoms with Gasteiger partial charge in [0.2, 0.25) is 0 Å². The van der Waals surface area contributed by atoms with E-state index in [9.17, 15) is 0 Å². The smallest absolute Gasteiger partial charge is 0.159 e. The Morgan fingerprint density at radius 3 is 1.88 bits per heavy atom. The Bertz CT molecular complexity index is 763. The van der Waals surface area contributed by atoms with E-state index in [0.717, 1.165) is 36.1 Å². The summed E-state index contributed by atoms with van der Waals surface area (Å²) in [5, 5.41) is 0. The number of rotatable bonds is 16. The van der Waals surface area contributed by atoms with Gasteiger partial charge in [0.1, 0.15) is 5.75 Å². The second kappa shape index (κ2) is 15.9. The molecule has 0 amide bonds.